The fraction of sp³-hybridized carbons (Fsp3) is 0. The van der Waals surface area contributed by atoms with Crippen LogP contribution in [0.15, 0.2) is 231 Å². The summed E-state index contributed by atoms with van der Waals surface area (Å²) in [5, 5.41) is 0. The van der Waals surface area contributed by atoms with E-state index in [1.165, 1.54) is 16.4 Å². The lowest BCUT2D eigenvalue weighted by Crippen LogP contribution is -2.60. The number of hydrogen-bond donors (Lipinski definition) is 0. The van der Waals surface area contributed by atoms with Crippen LogP contribution < -0.4 is 31.1 Å². The van der Waals surface area contributed by atoms with E-state index in [-0.39, 0.29) is 6.71 Å². The number of rotatable bonds is 8. The molecular weight excluding hydrogens is 741 g/mol. The second kappa shape index (κ2) is 14.3. The van der Waals surface area contributed by atoms with Crippen LogP contribution in [0.4, 0.5) is 51.2 Å². The molecule has 61 heavy (non-hydrogen) atoms. The molecular formula is C55H38BN5. The summed E-state index contributed by atoms with van der Waals surface area (Å²) in [5.41, 5.74) is 18.0. The van der Waals surface area contributed by atoms with E-state index in [0.717, 1.165) is 79.3 Å². The second-order valence-electron chi connectivity index (χ2n) is 15.6. The molecule has 0 atom stereocenters. The first-order valence-electron chi connectivity index (χ1n) is 20.8. The lowest BCUT2D eigenvalue weighted by atomic mass is 9.34. The number of anilines is 9. The maximum Gasteiger partial charge on any atom is 0.252 e. The van der Waals surface area contributed by atoms with E-state index in [2.05, 4.69) is 250 Å². The van der Waals surface area contributed by atoms with Crippen LogP contribution in [0.2, 0.25) is 0 Å². The smallest absolute Gasteiger partial charge is 0.252 e. The van der Waals surface area contributed by atoms with Gasteiger partial charge in [0.2, 0.25) is 0 Å². The van der Waals surface area contributed by atoms with Gasteiger partial charge in [-0.3, -0.25) is 4.57 Å². The van der Waals surface area contributed by atoms with E-state index in [1.807, 2.05) is 0 Å². The van der Waals surface area contributed by atoms with Crippen molar-refractivity contribution in [3.63, 3.8) is 0 Å². The molecule has 5 nitrogen and oxygen atoms in total. The van der Waals surface area contributed by atoms with Crippen LogP contribution in [0.25, 0.3) is 28.1 Å². The van der Waals surface area contributed by atoms with Gasteiger partial charge in [-0.15, -0.1) is 0 Å². The molecule has 0 spiro atoms. The Morgan fingerprint density at radius 3 is 1.44 bits per heavy atom. The van der Waals surface area contributed by atoms with E-state index < -0.39 is 0 Å². The lowest BCUT2D eigenvalue weighted by molar-refractivity contribution is 1.10. The Labute approximate surface area is 355 Å². The Balaban J connectivity index is 1.20. The van der Waals surface area contributed by atoms with Crippen LogP contribution in [-0.4, -0.2) is 16.3 Å². The van der Waals surface area contributed by atoms with Crippen LogP contribution in [0.3, 0.4) is 0 Å². The van der Waals surface area contributed by atoms with Gasteiger partial charge in [0.15, 0.2) is 0 Å². The van der Waals surface area contributed by atoms with Crippen LogP contribution in [0, 0.1) is 0 Å². The Kier molecular flexibility index (Phi) is 8.20. The largest absolute Gasteiger partial charge is 0.311 e. The second-order valence-corrected chi connectivity index (χ2v) is 15.6. The summed E-state index contributed by atoms with van der Waals surface area (Å²) in [6.07, 6.45) is 0. The fourth-order valence-electron chi connectivity index (χ4n) is 9.58. The molecule has 1 aromatic heterocycles. The van der Waals surface area contributed by atoms with Crippen molar-refractivity contribution in [1.82, 2.24) is 9.55 Å². The number of aromatic nitrogens is 2. The highest BCUT2D eigenvalue weighted by Gasteiger charge is 2.43. The van der Waals surface area contributed by atoms with Gasteiger partial charge in [-0.2, -0.15) is 0 Å². The molecule has 0 saturated heterocycles. The maximum atomic E-state index is 5.43. The van der Waals surface area contributed by atoms with Gasteiger partial charge in [-0.05, 0) is 107 Å². The summed E-state index contributed by atoms with van der Waals surface area (Å²) in [7, 11) is 0. The Bertz CT molecular complexity index is 3120. The molecule has 2 aliphatic rings. The number of benzene rings is 9. The van der Waals surface area contributed by atoms with Crippen molar-refractivity contribution in [1.29, 1.82) is 0 Å². The van der Waals surface area contributed by atoms with E-state index >= 15 is 0 Å². The zero-order valence-corrected chi connectivity index (χ0v) is 33.3. The summed E-state index contributed by atoms with van der Waals surface area (Å²) in [6.45, 7) is -0.0524. The summed E-state index contributed by atoms with van der Waals surface area (Å²) in [4.78, 5) is 12.7. The average molecular weight is 780 g/mol. The van der Waals surface area contributed by atoms with Gasteiger partial charge >= 0.3 is 0 Å². The fourth-order valence-corrected chi connectivity index (χ4v) is 9.58. The van der Waals surface area contributed by atoms with E-state index in [9.17, 15) is 0 Å². The third-order valence-corrected chi connectivity index (χ3v) is 12.1. The molecule has 0 bridgehead atoms. The molecule has 2 aliphatic heterocycles. The molecule has 0 aliphatic carbocycles. The molecule has 3 heterocycles. The predicted octanol–water partition coefficient (Wildman–Crippen LogP) is 12.2. The van der Waals surface area contributed by atoms with Crippen LogP contribution in [0.1, 0.15) is 0 Å². The zero-order chi connectivity index (χ0) is 40.3. The third kappa shape index (κ3) is 5.68. The first kappa shape index (κ1) is 34.9. The third-order valence-electron chi connectivity index (χ3n) is 12.1. The van der Waals surface area contributed by atoms with Gasteiger partial charge in [0, 0.05) is 56.7 Å². The Hall–Kier alpha value is -8.09. The van der Waals surface area contributed by atoms with E-state index in [0.29, 0.717) is 0 Å². The minimum atomic E-state index is -0.0524. The quantitative estimate of drug-likeness (QED) is 0.144. The monoisotopic (exact) mass is 779 g/mol. The van der Waals surface area contributed by atoms with Crippen LogP contribution >= 0.6 is 0 Å². The van der Waals surface area contributed by atoms with Gasteiger partial charge in [-0.1, -0.05) is 140 Å². The Morgan fingerprint density at radius 1 is 0.377 bits per heavy atom. The molecule has 6 heteroatoms. The topological polar surface area (TPSA) is 27.5 Å². The highest BCUT2D eigenvalue weighted by Crippen LogP contribution is 2.46. The van der Waals surface area contributed by atoms with Crippen molar-refractivity contribution in [2.75, 3.05) is 14.7 Å². The molecule has 10 aromatic rings. The number of para-hydroxylation sites is 6. The van der Waals surface area contributed by atoms with Crippen molar-refractivity contribution in [3.05, 3.63) is 231 Å². The molecule has 0 fully saturated rings. The molecule has 0 saturated carbocycles. The SMILES string of the molecule is c1ccc(-c2nc3cccc4c3n2-c2cc(N(c3ccccc3)c3ccccc3)cc3c2B4c2ccc(N(c4ccccc4)c4ccccc4)cc2N3c2ccccc2)cc1. The van der Waals surface area contributed by atoms with Crippen molar-refractivity contribution >= 4 is 85.3 Å². The number of nitrogens with zero attached hydrogens (tertiary/aromatic N) is 5. The highest BCUT2D eigenvalue weighted by molar-refractivity contribution is 7.00. The van der Waals surface area contributed by atoms with Gasteiger partial charge in [0.05, 0.1) is 16.7 Å². The maximum absolute atomic E-state index is 5.43. The lowest BCUT2D eigenvalue weighted by Gasteiger charge is -2.42. The molecule has 12 rings (SSSR count). The minimum Gasteiger partial charge on any atom is -0.311 e. The molecule has 9 aromatic carbocycles. The molecule has 0 unspecified atom stereocenters. The van der Waals surface area contributed by atoms with Gasteiger partial charge in [0.1, 0.15) is 5.82 Å². The van der Waals surface area contributed by atoms with Crippen molar-refractivity contribution in [2.45, 2.75) is 0 Å². The molecule has 0 radical (unpaired) electrons. The normalized spacial score (nSPS) is 12.2. The van der Waals surface area contributed by atoms with Crippen molar-refractivity contribution in [2.24, 2.45) is 0 Å². The van der Waals surface area contributed by atoms with Crippen molar-refractivity contribution < 1.29 is 0 Å². The highest BCUT2D eigenvalue weighted by atomic mass is 15.2. The molecule has 0 N–H and O–H groups in total. The zero-order valence-electron chi connectivity index (χ0n) is 33.3. The summed E-state index contributed by atoms with van der Waals surface area (Å²) >= 11 is 0. The average Bonchev–Trinajstić information content (AvgIpc) is 3.73. The predicted molar refractivity (Wildman–Crippen MR) is 255 cm³/mol. The van der Waals surface area contributed by atoms with E-state index in [4.69, 9.17) is 4.98 Å². The number of hydrogen-bond acceptors (Lipinski definition) is 4. The standard InChI is InChI=1S/C55H38BN5/c1-7-20-39(21-8-1)55-57-49-33-19-32-48-54(49)61(55)52-38-46(59(42-26-13-4-14-27-42)43-28-15-5-16-29-43)37-51-53(52)56(48)47-35-34-45(36-50(47)60(51)44-30-17-6-18-31-44)58(40-22-9-2-10-23-40)41-24-11-3-12-25-41/h1-38H. The summed E-state index contributed by atoms with van der Waals surface area (Å²) < 4.78 is 2.43. The van der Waals surface area contributed by atoms with Gasteiger partial charge in [-0.25, -0.2) is 4.98 Å². The first-order chi connectivity index (χ1) is 30.3. The van der Waals surface area contributed by atoms with Crippen LogP contribution in [0.5, 0.6) is 0 Å². The molecule has 0 amide bonds. The summed E-state index contributed by atoms with van der Waals surface area (Å²) in [6, 6.07) is 82.7. The van der Waals surface area contributed by atoms with E-state index in [1.54, 1.807) is 0 Å². The van der Waals surface area contributed by atoms with Crippen molar-refractivity contribution in [3.8, 4) is 17.1 Å². The van der Waals surface area contributed by atoms with Gasteiger partial charge < -0.3 is 14.7 Å². The number of imidazole rings is 1. The minimum absolute atomic E-state index is 0.0524. The first-order valence-corrected chi connectivity index (χ1v) is 20.8. The Morgan fingerprint density at radius 2 is 0.869 bits per heavy atom. The van der Waals surface area contributed by atoms with Crippen LogP contribution in [-0.2, 0) is 0 Å². The molecule has 286 valence electrons. The summed E-state index contributed by atoms with van der Waals surface area (Å²) in [5.74, 6) is 0.931. The number of fused-ring (bicyclic) bond motifs is 4. The van der Waals surface area contributed by atoms with Gasteiger partial charge in [0.25, 0.3) is 6.71 Å².